The van der Waals surface area contributed by atoms with E-state index in [1.807, 2.05) is 115 Å². The topological polar surface area (TPSA) is 120 Å². The fraction of sp³-hybridized carbons (Fsp3) is 0.182. The van der Waals surface area contributed by atoms with Crippen LogP contribution in [0.5, 0.6) is 23.0 Å². The van der Waals surface area contributed by atoms with Crippen molar-refractivity contribution in [3.63, 3.8) is 0 Å². The summed E-state index contributed by atoms with van der Waals surface area (Å²) in [6, 6.07) is 39.1. The van der Waals surface area contributed by atoms with Crippen molar-refractivity contribution in [2.75, 3.05) is 28.4 Å². The largest absolute Gasteiger partial charge is 0.523 e. The van der Waals surface area contributed by atoms with Crippen LogP contribution in [0.4, 0.5) is 0 Å². The van der Waals surface area contributed by atoms with Crippen molar-refractivity contribution in [3.05, 3.63) is 157 Å². The van der Waals surface area contributed by atoms with Crippen LogP contribution in [0.2, 0.25) is 0 Å². The van der Waals surface area contributed by atoms with E-state index in [2.05, 4.69) is 78.1 Å². The van der Waals surface area contributed by atoms with Crippen molar-refractivity contribution in [1.82, 2.24) is 34.7 Å². The molecule has 8 aromatic rings. The maximum absolute atomic E-state index is 5.31. The summed E-state index contributed by atoms with van der Waals surface area (Å²) >= 11 is 0. The average Bonchev–Trinajstić information content (AvgIpc) is 4.00. The molecule has 58 heavy (non-hydrogen) atoms. The van der Waals surface area contributed by atoms with Gasteiger partial charge in [0.25, 0.3) is 12.7 Å². The Labute approximate surface area is 351 Å². The molecule has 0 aliphatic carbocycles. The first-order valence-corrected chi connectivity index (χ1v) is 17.8. The number of methoxy groups -OCH3 is 4. The quantitative estimate of drug-likeness (QED) is 0.130. The van der Waals surface area contributed by atoms with Gasteiger partial charge < -0.3 is 33.2 Å². The van der Waals surface area contributed by atoms with Crippen molar-refractivity contribution < 1.29 is 48.2 Å². The molecular formula is C44H42IrN9O4-3. The SMILES string of the molecule is COc1cc[c-]c(-n2[c-][n+](-c3cccc(OC)c3)c(C)c2C)c1.COc1cc[c-]c(-n2[c-][n+](-c3cccc(OC)c3)c(C)c2C)c1.[Ir].c1ccc(-c2nnn[n-]2)nc1. The number of hydrogen-bond donors (Lipinski definition) is 0. The number of aromatic nitrogens is 9. The van der Waals surface area contributed by atoms with Gasteiger partial charge in [0.2, 0.25) is 0 Å². The predicted molar refractivity (Wildman–Crippen MR) is 211 cm³/mol. The monoisotopic (exact) mass is 953 g/mol. The molecule has 14 heteroatoms. The zero-order valence-corrected chi connectivity index (χ0v) is 35.8. The molecule has 8 rings (SSSR count). The second kappa shape index (κ2) is 20.0. The third-order valence-electron chi connectivity index (χ3n) is 9.09. The first-order valence-electron chi connectivity index (χ1n) is 17.8. The van der Waals surface area contributed by atoms with Gasteiger partial charge in [-0.1, -0.05) is 18.2 Å². The Balaban J connectivity index is 0.000000174. The van der Waals surface area contributed by atoms with Gasteiger partial charge in [0, 0.05) is 49.2 Å². The minimum Gasteiger partial charge on any atom is -0.523 e. The van der Waals surface area contributed by atoms with Crippen molar-refractivity contribution >= 4 is 0 Å². The molecule has 4 aromatic heterocycles. The molecule has 0 saturated heterocycles. The maximum atomic E-state index is 5.31. The van der Waals surface area contributed by atoms with E-state index in [9.17, 15) is 0 Å². The van der Waals surface area contributed by atoms with Gasteiger partial charge in [-0.2, -0.15) is 29.5 Å². The summed E-state index contributed by atoms with van der Waals surface area (Å²) in [6.45, 7) is 8.27. The normalized spacial score (nSPS) is 10.3. The molecule has 0 bridgehead atoms. The van der Waals surface area contributed by atoms with E-state index in [4.69, 9.17) is 18.9 Å². The number of hydrogen-bond acceptors (Lipinski definition) is 8. The van der Waals surface area contributed by atoms with Gasteiger partial charge in [0.1, 0.15) is 11.5 Å². The number of pyridine rings is 1. The molecule has 0 amide bonds. The first-order chi connectivity index (χ1) is 27.7. The number of ether oxygens (including phenoxy) is 4. The third-order valence-corrected chi connectivity index (χ3v) is 9.09. The van der Waals surface area contributed by atoms with E-state index in [1.165, 1.54) is 0 Å². The standard InChI is InChI=1S/2C19H19N2O2.C6H4N5.Ir/c2*1-14-15(2)21(17-8-6-10-19(12-17)23-4)13-20(14)16-7-5-9-18(11-16)22-3;1-2-4-7-5(3-1)6-8-10-11-9-6;/h2*5-7,9-12H,1-4H3;1-4H;/q3*-1;. The summed E-state index contributed by atoms with van der Waals surface area (Å²) in [5.74, 6) is 3.70. The van der Waals surface area contributed by atoms with E-state index in [1.54, 1.807) is 40.7 Å². The molecule has 0 fully saturated rings. The van der Waals surface area contributed by atoms with Gasteiger partial charge in [-0.15, -0.1) is 24.3 Å². The predicted octanol–water partition coefficient (Wildman–Crippen LogP) is 5.87. The van der Waals surface area contributed by atoms with Crippen LogP contribution >= 0.6 is 0 Å². The number of imidazole rings is 2. The Hall–Kier alpha value is -6.63. The van der Waals surface area contributed by atoms with Crippen molar-refractivity contribution in [3.8, 4) is 57.3 Å². The van der Waals surface area contributed by atoms with Gasteiger partial charge in [-0.3, -0.25) is 24.4 Å². The second-order valence-electron chi connectivity index (χ2n) is 12.4. The van der Waals surface area contributed by atoms with Gasteiger partial charge in [-0.05, 0) is 87.6 Å². The third kappa shape index (κ3) is 9.84. The molecule has 0 aliphatic heterocycles. The van der Waals surface area contributed by atoms with E-state index in [0.29, 0.717) is 11.5 Å². The van der Waals surface area contributed by atoms with E-state index in [-0.39, 0.29) is 20.1 Å². The van der Waals surface area contributed by atoms with E-state index < -0.39 is 0 Å². The molecule has 4 heterocycles. The molecule has 4 aromatic carbocycles. The fourth-order valence-corrected chi connectivity index (χ4v) is 5.74. The van der Waals surface area contributed by atoms with Crippen molar-refractivity contribution in [2.24, 2.45) is 0 Å². The molecule has 0 N–H and O–H groups in total. The number of tetrazole rings is 1. The molecule has 0 spiro atoms. The molecule has 13 nitrogen and oxygen atoms in total. The summed E-state index contributed by atoms with van der Waals surface area (Å²) in [7, 11) is 6.66. The van der Waals surface area contributed by atoms with E-state index in [0.717, 1.165) is 68.5 Å². The van der Waals surface area contributed by atoms with Crippen molar-refractivity contribution in [1.29, 1.82) is 0 Å². The molecular weight excluding hydrogens is 911 g/mol. The van der Waals surface area contributed by atoms with Crippen LogP contribution in [0.3, 0.4) is 0 Å². The molecule has 1 radical (unpaired) electrons. The van der Waals surface area contributed by atoms with Gasteiger partial charge in [0.05, 0.1) is 62.7 Å². The van der Waals surface area contributed by atoms with Crippen LogP contribution in [0, 0.1) is 52.5 Å². The maximum Gasteiger partial charge on any atom is 0.267 e. The number of nitrogens with zero attached hydrogens (tertiary/aromatic N) is 9. The van der Waals surface area contributed by atoms with Crippen LogP contribution in [0.25, 0.3) is 34.3 Å². The van der Waals surface area contributed by atoms with E-state index >= 15 is 0 Å². The fourth-order valence-electron chi connectivity index (χ4n) is 5.74. The summed E-state index contributed by atoms with van der Waals surface area (Å²) in [6.07, 6.45) is 8.42. The second-order valence-corrected chi connectivity index (χ2v) is 12.4. The van der Waals surface area contributed by atoms with Gasteiger partial charge >= 0.3 is 0 Å². The summed E-state index contributed by atoms with van der Waals surface area (Å²) in [4.78, 5) is 4.02. The van der Waals surface area contributed by atoms with Crippen LogP contribution in [0.1, 0.15) is 22.8 Å². The molecule has 0 atom stereocenters. The van der Waals surface area contributed by atoms with Crippen LogP contribution in [-0.4, -0.2) is 58.1 Å². The number of rotatable bonds is 9. The average molecular weight is 953 g/mol. The van der Waals surface area contributed by atoms with Crippen LogP contribution < -0.4 is 33.2 Å². The summed E-state index contributed by atoms with van der Waals surface area (Å²) in [5, 5.41) is 14.0. The van der Waals surface area contributed by atoms with Gasteiger partial charge in [0.15, 0.2) is 0 Å². The summed E-state index contributed by atoms with van der Waals surface area (Å²) < 4.78 is 29.2. The van der Waals surface area contributed by atoms with Gasteiger partial charge in [-0.25, -0.2) is 0 Å². The van der Waals surface area contributed by atoms with Crippen molar-refractivity contribution in [2.45, 2.75) is 27.7 Å². The zero-order valence-electron chi connectivity index (χ0n) is 33.4. The smallest absolute Gasteiger partial charge is 0.267 e. The summed E-state index contributed by atoms with van der Waals surface area (Å²) in [5.41, 5.74) is 8.90. The van der Waals surface area contributed by atoms with Crippen LogP contribution in [0.15, 0.2) is 109 Å². The minimum atomic E-state index is 0. The molecule has 0 unspecified atom stereocenters. The Morgan fingerprint density at radius 1 is 0.586 bits per heavy atom. The minimum absolute atomic E-state index is 0. The Kier molecular flexibility index (Phi) is 14.7. The molecule has 0 aliphatic rings. The zero-order chi connectivity index (χ0) is 40.3. The Morgan fingerprint density at radius 2 is 1.07 bits per heavy atom. The molecule has 0 saturated carbocycles. The van der Waals surface area contributed by atoms with Crippen LogP contribution in [-0.2, 0) is 20.1 Å². The Bertz CT molecular complexity index is 2260. The molecule has 299 valence electrons. The first kappa shape index (κ1) is 42.5. The number of benzene rings is 4. The Morgan fingerprint density at radius 3 is 1.48 bits per heavy atom.